The average Bonchev–Trinajstić information content (AvgIpc) is 2.71. The molecule has 3 N–H and O–H groups in total. The van der Waals surface area contributed by atoms with E-state index >= 15 is 0 Å². The van der Waals surface area contributed by atoms with Crippen molar-refractivity contribution in [1.29, 1.82) is 0 Å². The van der Waals surface area contributed by atoms with E-state index in [4.69, 9.17) is 11.6 Å². The Bertz CT molecular complexity index is 690. The number of halogens is 1. The van der Waals surface area contributed by atoms with Crippen molar-refractivity contribution < 1.29 is 18.0 Å². The molecular weight excluding hydrogens is 318 g/mol. The van der Waals surface area contributed by atoms with Gasteiger partial charge in [0.1, 0.15) is 6.04 Å². The maximum atomic E-state index is 12.1. The number of rotatable bonds is 5. The third kappa shape index (κ3) is 3.72. The number of hydrogen-bond donors (Lipinski definition) is 3. The summed E-state index contributed by atoms with van der Waals surface area (Å²) in [5.41, 5.74) is 0.779. The molecule has 1 saturated heterocycles. The molecular formula is C12H14ClN3O4S. The van der Waals surface area contributed by atoms with E-state index in [2.05, 4.69) is 15.4 Å². The van der Waals surface area contributed by atoms with Crippen LogP contribution in [0.5, 0.6) is 0 Å². The van der Waals surface area contributed by atoms with Gasteiger partial charge >= 0.3 is 6.03 Å². The van der Waals surface area contributed by atoms with Crippen LogP contribution in [0.15, 0.2) is 23.1 Å². The summed E-state index contributed by atoms with van der Waals surface area (Å²) in [4.78, 5) is 22.3. The van der Waals surface area contributed by atoms with Crippen LogP contribution in [0.3, 0.4) is 0 Å². The molecule has 1 aromatic rings. The maximum absolute atomic E-state index is 12.1. The second-order valence-corrected chi connectivity index (χ2v) is 6.79. The number of urea groups is 1. The summed E-state index contributed by atoms with van der Waals surface area (Å²) in [7, 11) is -3.70. The number of hydrogen-bond acceptors (Lipinski definition) is 4. The molecule has 1 unspecified atom stereocenters. The monoisotopic (exact) mass is 331 g/mol. The first-order valence-corrected chi connectivity index (χ1v) is 8.03. The van der Waals surface area contributed by atoms with E-state index in [0.29, 0.717) is 5.02 Å². The standard InChI is InChI=1S/C12H14ClN3O4S/c1-7-2-3-8(6-9(7)13)21(19,20)14-5-4-10-11(17)16-12(18)15-10/h2-3,6,10,14H,4-5H2,1H3,(H2,15,16,17,18). The van der Waals surface area contributed by atoms with E-state index in [1.165, 1.54) is 12.1 Å². The van der Waals surface area contributed by atoms with Gasteiger partial charge in [-0.1, -0.05) is 17.7 Å². The lowest BCUT2D eigenvalue weighted by atomic mass is 10.2. The van der Waals surface area contributed by atoms with Crippen LogP contribution >= 0.6 is 11.6 Å². The topological polar surface area (TPSA) is 104 Å². The van der Waals surface area contributed by atoms with Gasteiger partial charge in [-0.05, 0) is 31.0 Å². The zero-order valence-electron chi connectivity index (χ0n) is 11.1. The van der Waals surface area contributed by atoms with Crippen LogP contribution in [-0.2, 0) is 14.8 Å². The maximum Gasteiger partial charge on any atom is 0.322 e. The van der Waals surface area contributed by atoms with E-state index in [0.717, 1.165) is 5.56 Å². The Hall–Kier alpha value is -1.64. The van der Waals surface area contributed by atoms with Crippen molar-refractivity contribution in [2.75, 3.05) is 6.54 Å². The summed E-state index contributed by atoms with van der Waals surface area (Å²) in [6.45, 7) is 1.79. The van der Waals surface area contributed by atoms with Gasteiger partial charge in [-0.2, -0.15) is 0 Å². The minimum Gasteiger partial charge on any atom is -0.326 e. The molecule has 114 valence electrons. The highest BCUT2D eigenvalue weighted by Gasteiger charge is 2.29. The molecule has 0 saturated carbocycles. The molecule has 0 radical (unpaired) electrons. The van der Waals surface area contributed by atoms with Gasteiger partial charge in [0.05, 0.1) is 4.90 Å². The molecule has 0 bridgehead atoms. The Kier molecular flexibility index (Phi) is 4.50. The van der Waals surface area contributed by atoms with Crippen molar-refractivity contribution in [1.82, 2.24) is 15.4 Å². The normalized spacial score (nSPS) is 18.5. The molecule has 7 nitrogen and oxygen atoms in total. The molecule has 21 heavy (non-hydrogen) atoms. The lowest BCUT2D eigenvalue weighted by Crippen LogP contribution is -2.34. The molecule has 2 rings (SSSR count). The van der Waals surface area contributed by atoms with Crippen molar-refractivity contribution in [2.24, 2.45) is 0 Å². The first kappa shape index (κ1) is 15.7. The molecule has 0 aliphatic carbocycles. The summed E-state index contributed by atoms with van der Waals surface area (Å²) < 4.78 is 26.5. The van der Waals surface area contributed by atoms with Crippen LogP contribution in [0.2, 0.25) is 5.02 Å². The van der Waals surface area contributed by atoms with Crippen LogP contribution in [0, 0.1) is 6.92 Å². The number of nitrogens with one attached hydrogen (secondary N) is 3. The van der Waals surface area contributed by atoms with Gasteiger partial charge in [0.25, 0.3) is 5.91 Å². The summed E-state index contributed by atoms with van der Waals surface area (Å²) in [6.07, 6.45) is 0.163. The van der Waals surface area contributed by atoms with Crippen molar-refractivity contribution in [2.45, 2.75) is 24.3 Å². The van der Waals surface area contributed by atoms with Crippen LogP contribution < -0.4 is 15.4 Å². The molecule has 9 heteroatoms. The van der Waals surface area contributed by atoms with Crippen molar-refractivity contribution >= 4 is 33.6 Å². The highest BCUT2D eigenvalue weighted by molar-refractivity contribution is 7.89. The van der Waals surface area contributed by atoms with Crippen LogP contribution in [-0.4, -0.2) is 32.9 Å². The highest BCUT2D eigenvalue weighted by Crippen LogP contribution is 2.19. The first-order chi connectivity index (χ1) is 9.79. The van der Waals surface area contributed by atoms with E-state index in [1.54, 1.807) is 13.0 Å². The van der Waals surface area contributed by atoms with Gasteiger partial charge in [0, 0.05) is 11.6 Å². The first-order valence-electron chi connectivity index (χ1n) is 6.17. The fourth-order valence-electron chi connectivity index (χ4n) is 1.82. The number of carbonyl (C=O) groups excluding carboxylic acids is 2. The van der Waals surface area contributed by atoms with Gasteiger partial charge in [-0.15, -0.1) is 0 Å². The Morgan fingerprint density at radius 3 is 2.62 bits per heavy atom. The van der Waals surface area contributed by atoms with Gasteiger partial charge in [0.15, 0.2) is 0 Å². The smallest absolute Gasteiger partial charge is 0.322 e. The fourth-order valence-corrected chi connectivity index (χ4v) is 3.14. The molecule has 1 aromatic carbocycles. The third-order valence-electron chi connectivity index (χ3n) is 3.04. The van der Waals surface area contributed by atoms with Crippen LogP contribution in [0.4, 0.5) is 4.79 Å². The van der Waals surface area contributed by atoms with Crippen molar-refractivity contribution in [3.8, 4) is 0 Å². The van der Waals surface area contributed by atoms with Crippen LogP contribution in [0.25, 0.3) is 0 Å². The average molecular weight is 332 g/mol. The second kappa shape index (κ2) is 6.00. The Morgan fingerprint density at radius 1 is 1.33 bits per heavy atom. The number of benzene rings is 1. The molecule has 1 aliphatic heterocycles. The Labute approximate surface area is 127 Å². The van der Waals surface area contributed by atoms with E-state index < -0.39 is 28.0 Å². The lowest BCUT2D eigenvalue weighted by molar-refractivity contribution is -0.120. The van der Waals surface area contributed by atoms with E-state index in [-0.39, 0.29) is 17.9 Å². The highest BCUT2D eigenvalue weighted by atomic mass is 35.5. The lowest BCUT2D eigenvalue weighted by Gasteiger charge is -2.10. The third-order valence-corrected chi connectivity index (χ3v) is 4.90. The zero-order valence-corrected chi connectivity index (χ0v) is 12.7. The summed E-state index contributed by atoms with van der Waals surface area (Å²) >= 11 is 5.90. The molecule has 1 atom stereocenters. The van der Waals surface area contributed by atoms with Crippen molar-refractivity contribution in [3.05, 3.63) is 28.8 Å². The number of amides is 3. The van der Waals surface area contributed by atoms with Gasteiger partial charge in [-0.25, -0.2) is 17.9 Å². The fraction of sp³-hybridized carbons (Fsp3) is 0.333. The quantitative estimate of drug-likeness (QED) is 0.684. The molecule has 0 aromatic heterocycles. The number of imide groups is 1. The minimum absolute atomic E-state index is 0.0200. The summed E-state index contributed by atoms with van der Waals surface area (Å²) in [5.74, 6) is -0.461. The minimum atomic E-state index is -3.70. The summed E-state index contributed by atoms with van der Waals surface area (Å²) in [5, 5.41) is 4.83. The zero-order chi connectivity index (χ0) is 15.6. The number of carbonyl (C=O) groups is 2. The summed E-state index contributed by atoms with van der Waals surface area (Å²) in [6, 6.07) is 3.14. The van der Waals surface area contributed by atoms with E-state index in [1.807, 2.05) is 0 Å². The van der Waals surface area contributed by atoms with Gasteiger partial charge in [-0.3, -0.25) is 10.1 Å². The molecule has 1 heterocycles. The molecule has 1 aliphatic rings. The molecule has 0 spiro atoms. The Morgan fingerprint density at radius 2 is 2.05 bits per heavy atom. The van der Waals surface area contributed by atoms with Crippen molar-refractivity contribution in [3.63, 3.8) is 0 Å². The SMILES string of the molecule is Cc1ccc(S(=O)(=O)NCCC2NC(=O)NC2=O)cc1Cl. The number of aryl methyl sites for hydroxylation is 1. The van der Waals surface area contributed by atoms with Crippen LogP contribution in [0.1, 0.15) is 12.0 Å². The van der Waals surface area contributed by atoms with Gasteiger partial charge in [0.2, 0.25) is 10.0 Å². The molecule has 3 amide bonds. The second-order valence-electron chi connectivity index (χ2n) is 4.61. The van der Waals surface area contributed by atoms with E-state index in [9.17, 15) is 18.0 Å². The van der Waals surface area contributed by atoms with Gasteiger partial charge < -0.3 is 5.32 Å². The molecule has 1 fully saturated rings. The predicted octanol–water partition coefficient (Wildman–Crippen LogP) is 0.525. The Balaban J connectivity index is 1.97. The largest absolute Gasteiger partial charge is 0.326 e. The predicted molar refractivity (Wildman–Crippen MR) is 76.5 cm³/mol. The number of sulfonamides is 1.